The van der Waals surface area contributed by atoms with Crippen LogP contribution in [0.25, 0.3) is 44.5 Å². The van der Waals surface area contributed by atoms with Gasteiger partial charge in [0.25, 0.3) is 0 Å². The highest BCUT2D eigenvalue weighted by atomic mass is 35.5. The van der Waals surface area contributed by atoms with E-state index in [4.69, 9.17) is 23.2 Å². The Hall–Kier alpha value is -4.10. The standard InChI is InChI=1S/C37H22Cl2/c38-26-18-24(19-27(39)22-26)25-20-31(23-10-2-1-3-11-23)36-30-14-6-9-17-34(30)37(35(36)21-25)32-15-7-4-12-28(32)29-13-5-8-16-33(29)37/h1-22H. The number of benzene rings is 6. The fraction of sp³-hybridized carbons (Fsp3) is 0.0270. The molecule has 0 atom stereocenters. The van der Waals surface area contributed by atoms with E-state index in [9.17, 15) is 0 Å². The maximum Gasteiger partial charge on any atom is 0.0725 e. The molecule has 8 rings (SSSR count). The van der Waals surface area contributed by atoms with Crippen molar-refractivity contribution in [3.63, 3.8) is 0 Å². The summed E-state index contributed by atoms with van der Waals surface area (Å²) in [6.07, 6.45) is 0. The molecule has 0 bridgehead atoms. The molecule has 2 aliphatic rings. The maximum atomic E-state index is 6.52. The minimum atomic E-state index is -0.416. The van der Waals surface area contributed by atoms with Gasteiger partial charge in [-0.25, -0.2) is 0 Å². The summed E-state index contributed by atoms with van der Waals surface area (Å²) in [6.45, 7) is 0. The summed E-state index contributed by atoms with van der Waals surface area (Å²) in [5.74, 6) is 0. The monoisotopic (exact) mass is 536 g/mol. The lowest BCUT2D eigenvalue weighted by Gasteiger charge is -2.31. The Morgan fingerprint density at radius 2 is 0.846 bits per heavy atom. The van der Waals surface area contributed by atoms with Gasteiger partial charge in [-0.2, -0.15) is 0 Å². The van der Waals surface area contributed by atoms with Crippen LogP contribution in [-0.2, 0) is 5.41 Å². The van der Waals surface area contributed by atoms with Gasteiger partial charge in [0, 0.05) is 10.0 Å². The molecule has 0 saturated heterocycles. The molecule has 0 unspecified atom stereocenters. The molecule has 6 aromatic carbocycles. The van der Waals surface area contributed by atoms with Crippen LogP contribution in [0, 0.1) is 0 Å². The van der Waals surface area contributed by atoms with Gasteiger partial charge < -0.3 is 0 Å². The zero-order chi connectivity index (χ0) is 26.1. The van der Waals surface area contributed by atoms with Gasteiger partial charge in [0.2, 0.25) is 0 Å². The second-order valence-corrected chi connectivity index (χ2v) is 11.2. The van der Waals surface area contributed by atoms with Gasteiger partial charge in [-0.1, -0.05) is 126 Å². The fourth-order valence-electron chi connectivity index (χ4n) is 6.95. The summed E-state index contributed by atoms with van der Waals surface area (Å²) in [5, 5.41) is 1.27. The van der Waals surface area contributed by atoms with Crippen molar-refractivity contribution in [2.75, 3.05) is 0 Å². The molecule has 39 heavy (non-hydrogen) atoms. The van der Waals surface area contributed by atoms with Crippen LogP contribution >= 0.6 is 23.2 Å². The van der Waals surface area contributed by atoms with Crippen LogP contribution in [0.3, 0.4) is 0 Å². The third kappa shape index (κ3) is 3.13. The van der Waals surface area contributed by atoms with E-state index in [2.05, 4.69) is 115 Å². The highest BCUT2D eigenvalue weighted by Gasteiger charge is 2.52. The number of fused-ring (bicyclic) bond motifs is 10. The largest absolute Gasteiger partial charge is 0.0843 e. The number of halogens is 2. The molecule has 2 heteroatoms. The SMILES string of the molecule is Clc1cc(Cl)cc(-c2cc(-c3ccccc3)c3c(c2)C2(c4ccccc4-c4ccccc42)c2ccccc2-3)c1. The van der Waals surface area contributed by atoms with Crippen LogP contribution in [0.4, 0.5) is 0 Å². The lowest BCUT2D eigenvalue weighted by molar-refractivity contribution is 0.794. The summed E-state index contributed by atoms with van der Waals surface area (Å²) in [6, 6.07) is 47.9. The van der Waals surface area contributed by atoms with Crippen LogP contribution < -0.4 is 0 Å². The van der Waals surface area contributed by atoms with Crippen molar-refractivity contribution >= 4 is 23.2 Å². The molecule has 6 aromatic rings. The summed E-state index contributed by atoms with van der Waals surface area (Å²) in [7, 11) is 0. The topological polar surface area (TPSA) is 0 Å². The molecule has 0 radical (unpaired) electrons. The van der Waals surface area contributed by atoms with Crippen LogP contribution in [0.1, 0.15) is 22.3 Å². The van der Waals surface area contributed by atoms with Crippen molar-refractivity contribution in [2.24, 2.45) is 0 Å². The van der Waals surface area contributed by atoms with Crippen molar-refractivity contribution in [3.8, 4) is 44.5 Å². The fourth-order valence-corrected chi connectivity index (χ4v) is 7.48. The minimum Gasteiger partial charge on any atom is -0.0843 e. The Balaban J connectivity index is 1.57. The average molecular weight is 537 g/mol. The van der Waals surface area contributed by atoms with Gasteiger partial charge in [0.15, 0.2) is 0 Å². The van der Waals surface area contributed by atoms with E-state index in [1.165, 1.54) is 55.6 Å². The quantitative estimate of drug-likeness (QED) is 0.206. The first kappa shape index (κ1) is 22.8. The molecule has 2 aliphatic carbocycles. The first-order chi connectivity index (χ1) is 19.2. The Bertz CT molecular complexity index is 1870. The zero-order valence-corrected chi connectivity index (χ0v) is 22.5. The van der Waals surface area contributed by atoms with Crippen LogP contribution in [-0.4, -0.2) is 0 Å². The number of hydrogen-bond acceptors (Lipinski definition) is 0. The lowest BCUT2D eigenvalue weighted by atomic mass is 9.70. The van der Waals surface area contributed by atoms with E-state index in [1.807, 2.05) is 12.1 Å². The molecule has 0 aliphatic heterocycles. The van der Waals surface area contributed by atoms with Crippen LogP contribution in [0.5, 0.6) is 0 Å². The first-order valence-electron chi connectivity index (χ1n) is 13.2. The average Bonchev–Trinajstić information content (AvgIpc) is 3.44. The number of hydrogen-bond donors (Lipinski definition) is 0. The van der Waals surface area contributed by atoms with E-state index in [-0.39, 0.29) is 0 Å². The highest BCUT2D eigenvalue weighted by Crippen LogP contribution is 2.64. The summed E-state index contributed by atoms with van der Waals surface area (Å²) >= 11 is 13.0. The molecule has 0 amide bonds. The van der Waals surface area contributed by atoms with Gasteiger partial charge in [-0.15, -0.1) is 0 Å². The predicted octanol–water partition coefficient (Wildman–Crippen LogP) is 10.7. The van der Waals surface area contributed by atoms with Gasteiger partial charge in [-0.3, -0.25) is 0 Å². The van der Waals surface area contributed by atoms with Gasteiger partial charge in [0.1, 0.15) is 0 Å². The minimum absolute atomic E-state index is 0.416. The molecule has 184 valence electrons. The Morgan fingerprint density at radius 3 is 1.46 bits per heavy atom. The third-order valence-corrected chi connectivity index (χ3v) is 8.81. The van der Waals surface area contributed by atoms with Gasteiger partial charge in [-0.05, 0) is 97.1 Å². The van der Waals surface area contributed by atoms with Gasteiger partial charge >= 0.3 is 0 Å². The molecule has 0 nitrogen and oxygen atoms in total. The molecule has 0 heterocycles. The van der Waals surface area contributed by atoms with Crippen molar-refractivity contribution in [2.45, 2.75) is 5.41 Å². The van der Waals surface area contributed by atoms with E-state index in [1.54, 1.807) is 6.07 Å². The van der Waals surface area contributed by atoms with E-state index < -0.39 is 5.41 Å². The maximum absolute atomic E-state index is 6.52. The molecule has 0 N–H and O–H groups in total. The zero-order valence-electron chi connectivity index (χ0n) is 21.0. The third-order valence-electron chi connectivity index (χ3n) is 8.38. The smallest absolute Gasteiger partial charge is 0.0725 e. The summed E-state index contributed by atoms with van der Waals surface area (Å²) in [4.78, 5) is 0. The second-order valence-electron chi connectivity index (χ2n) is 10.4. The molecule has 0 saturated carbocycles. The predicted molar refractivity (Wildman–Crippen MR) is 164 cm³/mol. The molecular formula is C37H22Cl2. The van der Waals surface area contributed by atoms with Gasteiger partial charge in [0.05, 0.1) is 5.41 Å². The van der Waals surface area contributed by atoms with Crippen LogP contribution in [0.2, 0.25) is 10.0 Å². The van der Waals surface area contributed by atoms with Crippen molar-refractivity contribution in [1.29, 1.82) is 0 Å². The molecule has 0 fully saturated rings. The van der Waals surface area contributed by atoms with E-state index >= 15 is 0 Å². The van der Waals surface area contributed by atoms with E-state index in [0.717, 1.165) is 11.1 Å². The molecule has 1 spiro atoms. The van der Waals surface area contributed by atoms with Crippen molar-refractivity contribution in [3.05, 3.63) is 166 Å². The van der Waals surface area contributed by atoms with Crippen molar-refractivity contribution in [1.82, 2.24) is 0 Å². The van der Waals surface area contributed by atoms with Crippen molar-refractivity contribution < 1.29 is 0 Å². The summed E-state index contributed by atoms with van der Waals surface area (Å²) in [5.41, 5.74) is 14.6. The molecular weight excluding hydrogens is 515 g/mol. The lowest BCUT2D eigenvalue weighted by Crippen LogP contribution is -2.25. The Kier molecular flexibility index (Phi) is 4.95. The number of rotatable bonds is 2. The Morgan fingerprint density at radius 1 is 0.359 bits per heavy atom. The normalized spacial score (nSPS) is 13.6. The second kappa shape index (κ2) is 8.45. The van der Waals surface area contributed by atoms with E-state index in [0.29, 0.717) is 10.0 Å². The first-order valence-corrected chi connectivity index (χ1v) is 13.9. The molecule has 0 aromatic heterocycles. The Labute approximate surface area is 238 Å². The highest BCUT2D eigenvalue weighted by molar-refractivity contribution is 6.35. The van der Waals surface area contributed by atoms with Crippen LogP contribution in [0.15, 0.2) is 133 Å². The summed E-state index contributed by atoms with van der Waals surface area (Å²) < 4.78 is 0.